The van der Waals surface area contributed by atoms with Gasteiger partial charge in [-0.1, -0.05) is 15.9 Å². The topological polar surface area (TPSA) is 76.7 Å². The fraction of sp³-hybridized carbons (Fsp3) is 0.368. The molecule has 0 radical (unpaired) electrons. The van der Waals surface area contributed by atoms with E-state index in [1.54, 1.807) is 18.2 Å². The molecule has 0 aromatic heterocycles. The van der Waals surface area contributed by atoms with E-state index < -0.39 is 22.1 Å². The van der Waals surface area contributed by atoms with Gasteiger partial charge in [-0.25, -0.2) is 12.8 Å². The van der Waals surface area contributed by atoms with Crippen LogP contribution in [0.2, 0.25) is 0 Å². The van der Waals surface area contributed by atoms with Crippen molar-refractivity contribution in [2.45, 2.75) is 28.4 Å². The van der Waals surface area contributed by atoms with E-state index in [2.05, 4.69) is 26.6 Å². The van der Waals surface area contributed by atoms with Crippen molar-refractivity contribution in [3.63, 3.8) is 0 Å². The average Bonchev–Trinajstić information content (AvgIpc) is 2.69. The molecule has 6 nitrogen and oxygen atoms in total. The third-order valence-electron chi connectivity index (χ3n) is 4.65. The van der Waals surface area contributed by atoms with Crippen molar-refractivity contribution in [2.75, 3.05) is 32.6 Å². The molecule has 152 valence electrons. The molecule has 1 aliphatic rings. The highest BCUT2D eigenvalue weighted by Gasteiger charge is 2.27. The average molecular weight is 473 g/mol. The zero-order valence-electron chi connectivity index (χ0n) is 15.5. The van der Waals surface area contributed by atoms with Crippen molar-refractivity contribution < 1.29 is 22.3 Å². The molecule has 1 fully saturated rings. The second kappa shape index (κ2) is 8.67. The zero-order chi connectivity index (χ0) is 20.3. The summed E-state index contributed by atoms with van der Waals surface area (Å²) in [6, 6.07) is 8.87. The number of rotatable bonds is 6. The Labute approximate surface area is 172 Å². The van der Waals surface area contributed by atoms with Crippen LogP contribution in [0.25, 0.3) is 0 Å². The molecule has 0 aliphatic carbocycles. The van der Waals surface area contributed by atoms with Crippen molar-refractivity contribution in [1.82, 2.24) is 5.32 Å². The van der Waals surface area contributed by atoms with Gasteiger partial charge in [0, 0.05) is 11.0 Å². The lowest BCUT2D eigenvalue weighted by Crippen LogP contribution is -2.45. The third kappa shape index (κ3) is 4.26. The van der Waals surface area contributed by atoms with Crippen LogP contribution in [0, 0.1) is 0 Å². The van der Waals surface area contributed by atoms with Gasteiger partial charge in [0.15, 0.2) is 0 Å². The molecule has 2 aromatic carbocycles. The lowest BCUT2D eigenvalue weighted by atomic mass is 10.0. The van der Waals surface area contributed by atoms with Gasteiger partial charge in [-0.05, 0) is 49.4 Å². The van der Waals surface area contributed by atoms with Crippen LogP contribution in [0.3, 0.4) is 0 Å². The monoisotopic (exact) mass is 472 g/mol. The van der Waals surface area contributed by atoms with Gasteiger partial charge >= 0.3 is 0 Å². The number of hydrogen-bond acceptors (Lipinski definition) is 6. The minimum Gasteiger partial charge on any atom is -0.495 e. The van der Waals surface area contributed by atoms with Gasteiger partial charge in [0.2, 0.25) is 9.84 Å². The van der Waals surface area contributed by atoms with E-state index in [4.69, 9.17) is 9.47 Å². The Balaban J connectivity index is 2.01. The molecule has 0 bridgehead atoms. The lowest BCUT2D eigenvalue weighted by Gasteiger charge is -2.29. The molecule has 28 heavy (non-hydrogen) atoms. The maximum atomic E-state index is 14.2. The maximum Gasteiger partial charge on any atom is 0.210 e. The Morgan fingerprint density at radius 3 is 2.54 bits per heavy atom. The summed E-state index contributed by atoms with van der Waals surface area (Å²) in [6.07, 6.45) is -0.496. The van der Waals surface area contributed by atoms with E-state index in [0.717, 1.165) is 0 Å². The molecule has 0 amide bonds. The predicted molar refractivity (Wildman–Crippen MR) is 109 cm³/mol. The van der Waals surface area contributed by atoms with E-state index in [9.17, 15) is 12.8 Å². The van der Waals surface area contributed by atoms with Crippen LogP contribution in [0.5, 0.6) is 11.5 Å². The van der Waals surface area contributed by atoms with Gasteiger partial charge in [-0.2, -0.15) is 0 Å². The van der Waals surface area contributed by atoms with Crippen LogP contribution < -0.4 is 20.1 Å². The molecular formula is C19H22BrFN2O4S. The van der Waals surface area contributed by atoms with Crippen molar-refractivity contribution in [1.29, 1.82) is 0 Å². The highest BCUT2D eigenvalue weighted by molar-refractivity contribution is 9.10. The normalized spacial score (nSPS) is 19.9. The number of ether oxygens (including phenoxy) is 2. The molecule has 2 aromatic rings. The van der Waals surface area contributed by atoms with E-state index in [-0.39, 0.29) is 22.1 Å². The molecule has 0 spiro atoms. The zero-order valence-corrected chi connectivity index (χ0v) is 17.9. The number of alkyl halides is 1. The van der Waals surface area contributed by atoms with Crippen LogP contribution in [-0.2, 0) is 9.84 Å². The smallest absolute Gasteiger partial charge is 0.210 e. The van der Waals surface area contributed by atoms with Crippen LogP contribution in [0.1, 0.15) is 6.42 Å². The lowest BCUT2D eigenvalue weighted by molar-refractivity contribution is 0.244. The highest BCUT2D eigenvalue weighted by Crippen LogP contribution is 2.35. The molecular weight excluding hydrogens is 451 g/mol. The Hall–Kier alpha value is -1.84. The van der Waals surface area contributed by atoms with Crippen LogP contribution >= 0.6 is 15.9 Å². The summed E-state index contributed by atoms with van der Waals surface area (Å²) in [5.74, 6) is 0.696. The molecule has 1 aliphatic heterocycles. The summed E-state index contributed by atoms with van der Waals surface area (Å²) in [7, 11) is -0.957. The van der Waals surface area contributed by atoms with Crippen molar-refractivity contribution >= 4 is 31.5 Å². The van der Waals surface area contributed by atoms with E-state index >= 15 is 0 Å². The SMILES string of the molecule is COc1ccc(S(=O)(=O)c2cc(Br)ccc2OC)cc1NC1CCNCC1F. The van der Waals surface area contributed by atoms with E-state index in [1.165, 1.54) is 32.4 Å². The summed E-state index contributed by atoms with van der Waals surface area (Å²) >= 11 is 3.30. The van der Waals surface area contributed by atoms with Gasteiger partial charge in [-0.15, -0.1) is 0 Å². The van der Waals surface area contributed by atoms with Crippen LogP contribution in [-0.4, -0.2) is 47.9 Å². The highest BCUT2D eigenvalue weighted by atomic mass is 79.9. The Morgan fingerprint density at radius 2 is 1.86 bits per heavy atom. The summed E-state index contributed by atoms with van der Waals surface area (Å²) in [5, 5.41) is 6.10. The Kier molecular flexibility index (Phi) is 6.47. The molecule has 0 saturated carbocycles. The number of nitrogens with one attached hydrogen (secondary N) is 2. The van der Waals surface area contributed by atoms with Gasteiger partial charge in [0.1, 0.15) is 22.6 Å². The number of anilines is 1. The number of methoxy groups -OCH3 is 2. The minimum absolute atomic E-state index is 0.0470. The van der Waals surface area contributed by atoms with E-state index in [0.29, 0.717) is 28.9 Å². The van der Waals surface area contributed by atoms with Gasteiger partial charge in [-0.3, -0.25) is 0 Å². The maximum absolute atomic E-state index is 14.2. The predicted octanol–water partition coefficient (Wildman–Crippen LogP) is 3.41. The molecule has 2 unspecified atom stereocenters. The van der Waals surface area contributed by atoms with Gasteiger partial charge in [0.25, 0.3) is 0 Å². The van der Waals surface area contributed by atoms with Crippen LogP contribution in [0.15, 0.2) is 50.7 Å². The van der Waals surface area contributed by atoms with Crippen molar-refractivity contribution in [2.24, 2.45) is 0 Å². The number of benzene rings is 2. The molecule has 1 heterocycles. The Morgan fingerprint density at radius 1 is 1.14 bits per heavy atom. The molecule has 2 atom stereocenters. The number of halogens is 2. The van der Waals surface area contributed by atoms with Crippen molar-refractivity contribution in [3.8, 4) is 11.5 Å². The van der Waals surface area contributed by atoms with Crippen LogP contribution in [0.4, 0.5) is 10.1 Å². The van der Waals surface area contributed by atoms with E-state index in [1.807, 2.05) is 0 Å². The summed E-state index contributed by atoms with van der Waals surface area (Å²) in [6.45, 7) is 0.945. The standard InChI is InChI=1S/C19H22BrFN2O4S/c1-26-17-6-4-13(10-16(17)23-15-7-8-22-11-14(15)21)28(24,25)19-9-12(20)3-5-18(19)27-2/h3-6,9-10,14-15,22-23H,7-8,11H2,1-2H3. The summed E-state index contributed by atoms with van der Waals surface area (Å²) < 4.78 is 51.8. The van der Waals surface area contributed by atoms with Gasteiger partial charge < -0.3 is 20.1 Å². The fourth-order valence-electron chi connectivity index (χ4n) is 3.14. The molecule has 2 N–H and O–H groups in total. The van der Waals surface area contributed by atoms with Gasteiger partial charge in [0.05, 0.1) is 30.8 Å². The first kappa shape index (κ1) is 20.9. The number of hydrogen-bond donors (Lipinski definition) is 2. The fourth-order valence-corrected chi connectivity index (χ4v) is 5.12. The summed E-state index contributed by atoms with van der Waals surface area (Å²) in [4.78, 5) is 0.113. The minimum atomic E-state index is -3.86. The second-order valence-electron chi connectivity index (χ2n) is 6.42. The first-order valence-electron chi connectivity index (χ1n) is 8.75. The largest absolute Gasteiger partial charge is 0.495 e. The molecule has 1 saturated heterocycles. The second-order valence-corrected chi connectivity index (χ2v) is 9.25. The number of piperidine rings is 1. The third-order valence-corrected chi connectivity index (χ3v) is 6.91. The number of sulfone groups is 1. The molecule has 3 rings (SSSR count). The summed E-state index contributed by atoms with van der Waals surface area (Å²) in [5.41, 5.74) is 0.437. The first-order valence-corrected chi connectivity index (χ1v) is 11.0. The quantitative estimate of drug-likeness (QED) is 0.670. The van der Waals surface area contributed by atoms with Crippen molar-refractivity contribution in [3.05, 3.63) is 40.9 Å². The Bertz CT molecular complexity index is 955. The molecule has 9 heteroatoms. The first-order chi connectivity index (χ1) is 13.4.